The minimum atomic E-state index is 0.210. The molecule has 2 N–H and O–H groups in total. The molecule has 1 aliphatic heterocycles. The first-order valence-electron chi connectivity index (χ1n) is 9.47. The number of nitrogens with one attached hydrogen (secondary N) is 1. The number of piperidine rings is 1. The molecule has 0 radical (unpaired) electrons. The van der Waals surface area contributed by atoms with Gasteiger partial charge in [0.2, 0.25) is 5.95 Å². The third-order valence-electron chi connectivity index (χ3n) is 4.74. The number of nitrogens with zero attached hydrogens (tertiary/aromatic N) is 3. The van der Waals surface area contributed by atoms with Crippen molar-refractivity contribution in [1.29, 1.82) is 0 Å². The van der Waals surface area contributed by atoms with E-state index in [0.29, 0.717) is 17.0 Å². The van der Waals surface area contributed by atoms with E-state index in [1.165, 1.54) is 6.42 Å². The fourth-order valence-electron chi connectivity index (χ4n) is 3.52. The molecule has 2 aromatic rings. The van der Waals surface area contributed by atoms with E-state index in [4.69, 9.17) is 16.6 Å². The fraction of sp³-hybridized carbons (Fsp3) is 0.500. The molecule has 1 aromatic carbocycles. The van der Waals surface area contributed by atoms with Gasteiger partial charge < -0.3 is 15.3 Å². The molecule has 0 saturated carbocycles. The van der Waals surface area contributed by atoms with Crippen LogP contribution in [-0.4, -0.2) is 34.3 Å². The Kier molecular flexibility index (Phi) is 6.69. The van der Waals surface area contributed by atoms with Crippen molar-refractivity contribution in [1.82, 2.24) is 9.97 Å². The quantitative estimate of drug-likeness (QED) is 0.743. The Hall–Kier alpha value is -1.85. The maximum atomic E-state index is 9.41. The average Bonchev–Trinajstić information content (AvgIpc) is 2.62. The molecule has 5 nitrogen and oxygen atoms in total. The minimum absolute atomic E-state index is 0.210. The highest BCUT2D eigenvalue weighted by Crippen LogP contribution is 2.27. The summed E-state index contributed by atoms with van der Waals surface area (Å²) in [5, 5.41) is 13.4. The van der Waals surface area contributed by atoms with Crippen LogP contribution in [-0.2, 0) is 6.42 Å². The fourth-order valence-corrected chi connectivity index (χ4v) is 3.71. The van der Waals surface area contributed by atoms with Gasteiger partial charge in [-0.1, -0.05) is 31.0 Å². The molecule has 3 rings (SSSR count). The van der Waals surface area contributed by atoms with E-state index in [1.54, 1.807) is 0 Å². The summed E-state index contributed by atoms with van der Waals surface area (Å²) in [5.41, 5.74) is 1.91. The van der Waals surface area contributed by atoms with Crippen molar-refractivity contribution in [3.05, 3.63) is 41.0 Å². The molecule has 0 spiro atoms. The highest BCUT2D eigenvalue weighted by molar-refractivity contribution is 6.30. The van der Waals surface area contributed by atoms with Gasteiger partial charge in [-0.2, -0.15) is 4.98 Å². The van der Waals surface area contributed by atoms with E-state index in [2.05, 4.69) is 28.2 Å². The number of anilines is 3. The molecule has 1 unspecified atom stereocenters. The zero-order valence-corrected chi connectivity index (χ0v) is 16.0. The zero-order chi connectivity index (χ0) is 18.4. The maximum absolute atomic E-state index is 9.41. The molecule has 1 atom stereocenters. The number of aliphatic hydroxyl groups is 1. The summed E-state index contributed by atoms with van der Waals surface area (Å²) in [4.78, 5) is 11.8. The predicted molar refractivity (Wildman–Crippen MR) is 107 cm³/mol. The van der Waals surface area contributed by atoms with Crippen LogP contribution in [0.15, 0.2) is 30.3 Å². The van der Waals surface area contributed by atoms with Crippen molar-refractivity contribution in [3.63, 3.8) is 0 Å². The first-order chi connectivity index (χ1) is 12.7. The van der Waals surface area contributed by atoms with Crippen molar-refractivity contribution in [2.45, 2.75) is 51.5 Å². The Morgan fingerprint density at radius 3 is 2.92 bits per heavy atom. The van der Waals surface area contributed by atoms with Crippen molar-refractivity contribution in [2.24, 2.45) is 0 Å². The third kappa shape index (κ3) is 4.86. The minimum Gasteiger partial charge on any atom is -0.396 e. The lowest BCUT2D eigenvalue weighted by Gasteiger charge is -2.36. The molecule has 0 bridgehead atoms. The van der Waals surface area contributed by atoms with E-state index in [1.807, 2.05) is 24.3 Å². The summed E-state index contributed by atoms with van der Waals surface area (Å²) in [6.07, 6.45) is 6.20. The number of hydrogen-bond donors (Lipinski definition) is 2. The average molecular weight is 375 g/mol. The molecule has 1 aromatic heterocycles. The highest BCUT2D eigenvalue weighted by atomic mass is 35.5. The molecule has 0 aliphatic carbocycles. The topological polar surface area (TPSA) is 61.3 Å². The van der Waals surface area contributed by atoms with Crippen LogP contribution < -0.4 is 10.2 Å². The zero-order valence-electron chi connectivity index (χ0n) is 15.3. The lowest BCUT2D eigenvalue weighted by Crippen LogP contribution is -2.40. The van der Waals surface area contributed by atoms with Gasteiger partial charge in [0.1, 0.15) is 5.82 Å². The molecular weight excluding hydrogens is 348 g/mol. The summed E-state index contributed by atoms with van der Waals surface area (Å²) in [7, 11) is 0. The lowest BCUT2D eigenvalue weighted by molar-refractivity contribution is 0.262. The number of halogens is 1. The monoisotopic (exact) mass is 374 g/mol. The van der Waals surface area contributed by atoms with Crippen LogP contribution in [0.25, 0.3) is 0 Å². The molecular formula is C20H27ClN4O. The van der Waals surface area contributed by atoms with Gasteiger partial charge in [0.05, 0.1) is 0 Å². The summed E-state index contributed by atoms with van der Waals surface area (Å²) in [6.45, 7) is 3.34. The van der Waals surface area contributed by atoms with Gasteiger partial charge in [0.15, 0.2) is 0 Å². The summed E-state index contributed by atoms with van der Waals surface area (Å²) < 4.78 is 0. The van der Waals surface area contributed by atoms with Crippen molar-refractivity contribution >= 4 is 29.1 Å². The second-order valence-corrected chi connectivity index (χ2v) is 7.22. The smallest absolute Gasteiger partial charge is 0.229 e. The van der Waals surface area contributed by atoms with Crippen LogP contribution in [0.1, 0.15) is 44.7 Å². The Morgan fingerprint density at radius 1 is 1.27 bits per heavy atom. The molecule has 1 aliphatic rings. The Bertz CT molecular complexity index is 723. The first-order valence-corrected chi connectivity index (χ1v) is 9.85. The maximum Gasteiger partial charge on any atom is 0.229 e. The molecule has 2 heterocycles. The van der Waals surface area contributed by atoms with Crippen LogP contribution in [0.3, 0.4) is 0 Å². The molecule has 6 heteroatoms. The second-order valence-electron chi connectivity index (χ2n) is 6.78. The summed E-state index contributed by atoms with van der Waals surface area (Å²) >= 11 is 6.09. The molecule has 1 saturated heterocycles. The Morgan fingerprint density at radius 2 is 2.15 bits per heavy atom. The number of hydrogen-bond acceptors (Lipinski definition) is 5. The van der Waals surface area contributed by atoms with Gasteiger partial charge in [-0.05, 0) is 50.3 Å². The van der Waals surface area contributed by atoms with E-state index in [9.17, 15) is 5.11 Å². The SMILES string of the molecule is CCCc1cc(N2CCCCC2CCO)nc(Nc2cccc(Cl)c2)n1. The van der Waals surface area contributed by atoms with E-state index >= 15 is 0 Å². The van der Waals surface area contributed by atoms with Gasteiger partial charge in [-0.15, -0.1) is 0 Å². The van der Waals surface area contributed by atoms with E-state index < -0.39 is 0 Å². The van der Waals surface area contributed by atoms with Gasteiger partial charge in [0.25, 0.3) is 0 Å². The van der Waals surface area contributed by atoms with Crippen LogP contribution >= 0.6 is 11.6 Å². The largest absolute Gasteiger partial charge is 0.396 e. The number of aromatic nitrogens is 2. The van der Waals surface area contributed by atoms with Gasteiger partial charge in [0, 0.05) is 41.7 Å². The van der Waals surface area contributed by atoms with Crippen LogP contribution in [0, 0.1) is 0 Å². The molecule has 26 heavy (non-hydrogen) atoms. The van der Waals surface area contributed by atoms with Gasteiger partial charge >= 0.3 is 0 Å². The molecule has 1 fully saturated rings. The summed E-state index contributed by atoms with van der Waals surface area (Å²) in [5.74, 6) is 1.55. The number of aryl methyl sites for hydroxylation is 1. The van der Waals surface area contributed by atoms with Gasteiger partial charge in [-0.3, -0.25) is 0 Å². The van der Waals surface area contributed by atoms with Gasteiger partial charge in [-0.25, -0.2) is 4.98 Å². The summed E-state index contributed by atoms with van der Waals surface area (Å²) in [6, 6.07) is 10.0. The normalized spacial score (nSPS) is 17.3. The third-order valence-corrected chi connectivity index (χ3v) is 4.97. The van der Waals surface area contributed by atoms with E-state index in [-0.39, 0.29) is 6.61 Å². The Labute approximate surface area is 160 Å². The Balaban J connectivity index is 1.90. The van der Waals surface area contributed by atoms with Crippen molar-refractivity contribution in [3.8, 4) is 0 Å². The number of aliphatic hydroxyl groups excluding tert-OH is 1. The van der Waals surface area contributed by atoms with Crippen LogP contribution in [0.2, 0.25) is 5.02 Å². The van der Waals surface area contributed by atoms with Crippen molar-refractivity contribution < 1.29 is 5.11 Å². The molecule has 140 valence electrons. The molecule has 0 amide bonds. The van der Waals surface area contributed by atoms with Crippen molar-refractivity contribution in [2.75, 3.05) is 23.4 Å². The number of rotatable bonds is 7. The first kappa shape index (κ1) is 18.9. The van der Waals surface area contributed by atoms with Crippen LogP contribution in [0.5, 0.6) is 0 Å². The standard InChI is InChI=1S/C20H27ClN4O/c1-2-6-16-14-19(25-11-4-3-9-18(25)10-12-26)24-20(22-16)23-17-8-5-7-15(21)13-17/h5,7-8,13-14,18,26H,2-4,6,9-12H2,1H3,(H,22,23,24). The lowest BCUT2D eigenvalue weighted by atomic mass is 9.99. The van der Waals surface area contributed by atoms with E-state index in [0.717, 1.165) is 55.8 Å². The highest BCUT2D eigenvalue weighted by Gasteiger charge is 2.24. The second kappa shape index (κ2) is 9.19. The van der Waals surface area contributed by atoms with Crippen LogP contribution in [0.4, 0.5) is 17.5 Å². The predicted octanol–water partition coefficient (Wildman–Crippen LogP) is 4.57. The number of benzene rings is 1.